The van der Waals surface area contributed by atoms with E-state index in [9.17, 15) is 0 Å². The van der Waals surface area contributed by atoms with Crippen LogP contribution in [0.3, 0.4) is 0 Å². The predicted molar refractivity (Wildman–Crippen MR) is 93.0 cm³/mol. The van der Waals surface area contributed by atoms with E-state index in [4.69, 9.17) is 14.2 Å². The molecule has 24 heavy (non-hydrogen) atoms. The maximum absolute atomic E-state index is 5.74. The van der Waals surface area contributed by atoms with Crippen LogP contribution in [0.2, 0.25) is 0 Å². The first-order valence-electron chi connectivity index (χ1n) is 7.90. The van der Waals surface area contributed by atoms with Gasteiger partial charge in [0.25, 0.3) is 0 Å². The molecule has 0 unspecified atom stereocenters. The molecule has 0 fully saturated rings. The quantitative estimate of drug-likeness (QED) is 0.609. The number of anilines is 1. The first kappa shape index (κ1) is 17.8. The number of aromatic nitrogens is 2. The number of hydrogen-bond acceptors (Lipinski definition) is 7. The summed E-state index contributed by atoms with van der Waals surface area (Å²) in [5.74, 6) is 2.62. The van der Waals surface area contributed by atoms with Gasteiger partial charge >= 0.3 is 0 Å². The van der Waals surface area contributed by atoms with Crippen molar-refractivity contribution in [1.82, 2.24) is 15.3 Å². The summed E-state index contributed by atoms with van der Waals surface area (Å²) in [7, 11) is 3.21. The molecule has 0 radical (unpaired) electrons. The Morgan fingerprint density at radius 2 is 1.71 bits per heavy atom. The molecule has 0 saturated carbocycles. The summed E-state index contributed by atoms with van der Waals surface area (Å²) < 4.78 is 16.3. The molecule has 2 aromatic rings. The number of para-hydroxylation sites is 1. The third-order valence-electron chi connectivity index (χ3n) is 3.28. The van der Waals surface area contributed by atoms with Crippen molar-refractivity contribution in [3.05, 3.63) is 36.7 Å². The van der Waals surface area contributed by atoms with Crippen LogP contribution in [0.15, 0.2) is 36.7 Å². The van der Waals surface area contributed by atoms with Gasteiger partial charge in [-0.3, -0.25) is 0 Å². The molecule has 1 heterocycles. The lowest BCUT2D eigenvalue weighted by Crippen LogP contribution is -2.23. The molecule has 2 N–H and O–H groups in total. The number of nitrogens with zero attached hydrogens (tertiary/aromatic N) is 2. The Kier molecular flexibility index (Phi) is 7.62. The van der Waals surface area contributed by atoms with Gasteiger partial charge in [-0.1, -0.05) is 6.07 Å². The van der Waals surface area contributed by atoms with E-state index < -0.39 is 0 Å². The fourth-order valence-electron chi connectivity index (χ4n) is 2.13. The van der Waals surface area contributed by atoms with Gasteiger partial charge in [0, 0.05) is 25.5 Å². The van der Waals surface area contributed by atoms with Gasteiger partial charge in [0.1, 0.15) is 6.61 Å². The fourth-order valence-corrected chi connectivity index (χ4v) is 2.13. The summed E-state index contributed by atoms with van der Waals surface area (Å²) in [6, 6.07) is 7.38. The zero-order valence-electron chi connectivity index (χ0n) is 14.1. The lowest BCUT2D eigenvalue weighted by Gasteiger charge is -2.13. The van der Waals surface area contributed by atoms with Gasteiger partial charge in [-0.15, -0.1) is 0 Å². The van der Waals surface area contributed by atoms with E-state index in [1.54, 1.807) is 32.7 Å². The van der Waals surface area contributed by atoms with Gasteiger partial charge < -0.3 is 24.8 Å². The van der Waals surface area contributed by atoms with Crippen LogP contribution in [0.25, 0.3) is 0 Å². The number of methoxy groups -OCH3 is 2. The third-order valence-corrected chi connectivity index (χ3v) is 3.28. The van der Waals surface area contributed by atoms with Gasteiger partial charge in [-0.25, -0.2) is 9.97 Å². The minimum absolute atomic E-state index is 0.554. The van der Waals surface area contributed by atoms with Crippen molar-refractivity contribution in [2.24, 2.45) is 0 Å². The molecule has 0 amide bonds. The summed E-state index contributed by atoms with van der Waals surface area (Å²) in [4.78, 5) is 8.21. The van der Waals surface area contributed by atoms with Crippen LogP contribution in [0.4, 0.5) is 5.95 Å². The summed E-state index contributed by atoms with van der Waals surface area (Å²) in [5, 5.41) is 6.50. The summed E-state index contributed by atoms with van der Waals surface area (Å²) in [5.41, 5.74) is 0. The molecule has 0 aliphatic rings. The first-order chi connectivity index (χ1) is 11.8. The van der Waals surface area contributed by atoms with Crippen LogP contribution in [-0.4, -0.2) is 50.4 Å². The standard InChI is InChI=1S/C17H24N4O3/c1-22-14-6-3-7-15(16(14)23-2)24-13-12-18-8-4-9-19-17-20-10-5-11-21-17/h3,5-7,10-11,18H,4,8-9,12-13H2,1-2H3,(H,19,20,21). The van der Waals surface area contributed by atoms with Crippen molar-refractivity contribution in [3.63, 3.8) is 0 Å². The Bertz CT molecular complexity index is 596. The van der Waals surface area contributed by atoms with E-state index in [1.807, 2.05) is 18.2 Å². The zero-order chi connectivity index (χ0) is 17.0. The van der Waals surface area contributed by atoms with Gasteiger partial charge in [0.05, 0.1) is 14.2 Å². The molecule has 7 nitrogen and oxygen atoms in total. The molecule has 0 bridgehead atoms. The SMILES string of the molecule is COc1cccc(OCCNCCCNc2ncccn2)c1OC. The number of rotatable bonds is 11. The Labute approximate surface area is 142 Å². The zero-order valence-corrected chi connectivity index (χ0v) is 14.1. The van der Waals surface area contributed by atoms with Crippen LogP contribution in [0, 0.1) is 0 Å². The number of nitrogens with one attached hydrogen (secondary N) is 2. The maximum Gasteiger partial charge on any atom is 0.222 e. The molecule has 0 atom stereocenters. The smallest absolute Gasteiger partial charge is 0.222 e. The highest BCUT2D eigenvalue weighted by Gasteiger charge is 2.09. The van der Waals surface area contributed by atoms with Crippen molar-refractivity contribution < 1.29 is 14.2 Å². The highest BCUT2D eigenvalue weighted by molar-refractivity contribution is 5.50. The molecule has 2 rings (SSSR count). The van der Waals surface area contributed by atoms with Crippen LogP contribution >= 0.6 is 0 Å². The van der Waals surface area contributed by atoms with Crippen LogP contribution < -0.4 is 24.8 Å². The van der Waals surface area contributed by atoms with Gasteiger partial charge in [0.2, 0.25) is 11.7 Å². The van der Waals surface area contributed by atoms with Crippen molar-refractivity contribution in [1.29, 1.82) is 0 Å². The molecule has 1 aromatic heterocycles. The topological polar surface area (TPSA) is 77.5 Å². The first-order valence-corrected chi connectivity index (χ1v) is 7.90. The second kappa shape index (κ2) is 10.3. The predicted octanol–water partition coefficient (Wildman–Crippen LogP) is 1.96. The average Bonchev–Trinajstić information content (AvgIpc) is 2.64. The number of benzene rings is 1. The minimum Gasteiger partial charge on any atom is -0.493 e. The molecule has 1 aromatic carbocycles. The van der Waals surface area contributed by atoms with Gasteiger partial charge in [0.15, 0.2) is 11.5 Å². The molecular formula is C17H24N4O3. The lowest BCUT2D eigenvalue weighted by atomic mass is 10.3. The van der Waals surface area contributed by atoms with Crippen molar-refractivity contribution in [2.75, 3.05) is 45.8 Å². The van der Waals surface area contributed by atoms with E-state index in [0.29, 0.717) is 29.8 Å². The fraction of sp³-hybridized carbons (Fsp3) is 0.412. The minimum atomic E-state index is 0.554. The van der Waals surface area contributed by atoms with Gasteiger partial charge in [-0.05, 0) is 31.2 Å². The second-order valence-electron chi connectivity index (χ2n) is 4.94. The molecule has 130 valence electrons. The number of ether oxygens (including phenoxy) is 3. The normalized spacial score (nSPS) is 10.2. The Morgan fingerprint density at radius 1 is 0.917 bits per heavy atom. The van der Waals surface area contributed by atoms with E-state index in [1.165, 1.54) is 0 Å². The lowest BCUT2D eigenvalue weighted by molar-refractivity contribution is 0.282. The summed E-state index contributed by atoms with van der Waals surface area (Å²) in [6.07, 6.45) is 4.41. The highest BCUT2D eigenvalue weighted by Crippen LogP contribution is 2.36. The molecule has 0 saturated heterocycles. The Hall–Kier alpha value is -2.54. The molecule has 0 spiro atoms. The number of hydrogen-bond donors (Lipinski definition) is 2. The maximum atomic E-state index is 5.74. The van der Waals surface area contributed by atoms with E-state index in [-0.39, 0.29) is 0 Å². The van der Waals surface area contributed by atoms with Crippen LogP contribution in [-0.2, 0) is 0 Å². The average molecular weight is 332 g/mol. The summed E-state index contributed by atoms with van der Waals surface area (Å²) in [6.45, 7) is 3.01. The summed E-state index contributed by atoms with van der Waals surface area (Å²) >= 11 is 0. The van der Waals surface area contributed by atoms with E-state index >= 15 is 0 Å². The highest BCUT2D eigenvalue weighted by atomic mass is 16.5. The van der Waals surface area contributed by atoms with Gasteiger partial charge in [-0.2, -0.15) is 0 Å². The monoisotopic (exact) mass is 332 g/mol. The molecular weight excluding hydrogens is 308 g/mol. The van der Waals surface area contributed by atoms with E-state index in [2.05, 4.69) is 20.6 Å². The second-order valence-corrected chi connectivity index (χ2v) is 4.94. The third kappa shape index (κ3) is 5.58. The Balaban J connectivity index is 1.58. The van der Waals surface area contributed by atoms with Crippen molar-refractivity contribution in [2.45, 2.75) is 6.42 Å². The van der Waals surface area contributed by atoms with Crippen molar-refractivity contribution >= 4 is 5.95 Å². The molecule has 7 heteroatoms. The largest absolute Gasteiger partial charge is 0.493 e. The Morgan fingerprint density at radius 3 is 2.46 bits per heavy atom. The molecule has 0 aliphatic heterocycles. The van der Waals surface area contributed by atoms with Crippen LogP contribution in [0.5, 0.6) is 17.2 Å². The molecule has 0 aliphatic carbocycles. The van der Waals surface area contributed by atoms with E-state index in [0.717, 1.165) is 26.1 Å². The van der Waals surface area contributed by atoms with Crippen molar-refractivity contribution in [3.8, 4) is 17.2 Å². The van der Waals surface area contributed by atoms with Crippen LogP contribution in [0.1, 0.15) is 6.42 Å².